The maximum Gasteiger partial charge on any atom is 0.307 e. The van der Waals surface area contributed by atoms with Crippen molar-refractivity contribution in [1.29, 1.82) is 0 Å². The maximum atomic E-state index is 12.8. The number of amides is 1. The number of hydrogen-bond acceptors (Lipinski definition) is 5. The van der Waals surface area contributed by atoms with Crippen LogP contribution in [0.25, 0.3) is 0 Å². The third kappa shape index (κ3) is 6.24. The SMILES string of the molecule is COC(=O)CCN(C(=O)COc1cccc(OC)c1)C1CCCCCC1. The van der Waals surface area contributed by atoms with Crippen LogP contribution in [0.2, 0.25) is 0 Å². The van der Waals surface area contributed by atoms with Gasteiger partial charge in [-0.05, 0) is 25.0 Å². The van der Waals surface area contributed by atoms with Crippen molar-refractivity contribution in [2.45, 2.75) is 51.0 Å². The van der Waals surface area contributed by atoms with Crippen LogP contribution in [-0.2, 0) is 14.3 Å². The van der Waals surface area contributed by atoms with E-state index in [0.29, 0.717) is 18.0 Å². The monoisotopic (exact) mass is 363 g/mol. The minimum Gasteiger partial charge on any atom is -0.497 e. The lowest BCUT2D eigenvalue weighted by Gasteiger charge is -2.31. The van der Waals surface area contributed by atoms with Gasteiger partial charge in [0.15, 0.2) is 6.61 Å². The fraction of sp³-hybridized carbons (Fsp3) is 0.600. The van der Waals surface area contributed by atoms with E-state index in [1.807, 2.05) is 17.0 Å². The van der Waals surface area contributed by atoms with Crippen LogP contribution in [-0.4, -0.2) is 50.2 Å². The van der Waals surface area contributed by atoms with Crippen molar-refractivity contribution in [2.24, 2.45) is 0 Å². The van der Waals surface area contributed by atoms with Crippen molar-refractivity contribution in [3.63, 3.8) is 0 Å². The standard InChI is InChI=1S/C20H29NO5/c1-24-17-10-7-11-18(14-17)26-15-19(22)21(13-12-20(23)25-2)16-8-5-3-4-6-9-16/h7,10-11,14,16H,3-6,8-9,12-13,15H2,1-2H3. The average molecular weight is 363 g/mol. The zero-order chi connectivity index (χ0) is 18.8. The third-order valence-corrected chi connectivity index (χ3v) is 4.77. The predicted octanol–water partition coefficient (Wildman–Crippen LogP) is 3.19. The van der Waals surface area contributed by atoms with Crippen LogP contribution in [0, 0.1) is 0 Å². The molecule has 0 N–H and O–H groups in total. The molecule has 0 aliphatic heterocycles. The minimum absolute atomic E-state index is 0.0508. The lowest BCUT2D eigenvalue weighted by Crippen LogP contribution is -2.44. The quantitative estimate of drug-likeness (QED) is 0.524. The Morgan fingerprint density at radius 2 is 1.77 bits per heavy atom. The van der Waals surface area contributed by atoms with Crippen molar-refractivity contribution < 1.29 is 23.8 Å². The van der Waals surface area contributed by atoms with E-state index < -0.39 is 0 Å². The largest absolute Gasteiger partial charge is 0.497 e. The van der Waals surface area contributed by atoms with Crippen molar-refractivity contribution in [2.75, 3.05) is 27.4 Å². The maximum absolute atomic E-state index is 12.8. The molecule has 0 unspecified atom stereocenters. The molecule has 1 fully saturated rings. The Hall–Kier alpha value is -2.24. The van der Waals surface area contributed by atoms with Crippen molar-refractivity contribution in [3.05, 3.63) is 24.3 Å². The number of esters is 1. The Labute approximate surface area is 155 Å². The molecular weight excluding hydrogens is 334 g/mol. The predicted molar refractivity (Wildman–Crippen MR) is 98.3 cm³/mol. The van der Waals surface area contributed by atoms with Gasteiger partial charge in [-0.1, -0.05) is 31.7 Å². The Morgan fingerprint density at radius 3 is 2.42 bits per heavy atom. The number of methoxy groups -OCH3 is 2. The molecule has 0 spiro atoms. The first kappa shape index (κ1) is 20.1. The number of carbonyl (C=O) groups excluding carboxylic acids is 2. The number of hydrogen-bond donors (Lipinski definition) is 0. The molecule has 6 heteroatoms. The molecule has 0 bridgehead atoms. The summed E-state index contributed by atoms with van der Waals surface area (Å²) in [7, 11) is 2.96. The van der Waals surface area contributed by atoms with Crippen LogP contribution >= 0.6 is 0 Å². The number of nitrogens with zero attached hydrogens (tertiary/aromatic N) is 1. The Bertz CT molecular complexity index is 581. The molecule has 6 nitrogen and oxygen atoms in total. The number of carbonyl (C=O) groups is 2. The average Bonchev–Trinajstić information content (AvgIpc) is 2.95. The second kappa shape index (κ2) is 10.7. The van der Waals surface area contributed by atoms with E-state index in [9.17, 15) is 9.59 Å². The van der Waals surface area contributed by atoms with Gasteiger partial charge in [0.2, 0.25) is 0 Å². The Morgan fingerprint density at radius 1 is 1.08 bits per heavy atom. The van der Waals surface area contributed by atoms with Gasteiger partial charge in [-0.3, -0.25) is 9.59 Å². The summed E-state index contributed by atoms with van der Waals surface area (Å²) < 4.78 is 15.6. The molecule has 144 valence electrons. The smallest absolute Gasteiger partial charge is 0.307 e. The summed E-state index contributed by atoms with van der Waals surface area (Å²) in [6.45, 7) is 0.322. The topological polar surface area (TPSA) is 65.1 Å². The van der Waals surface area contributed by atoms with E-state index in [0.717, 1.165) is 25.7 Å². The molecule has 1 aliphatic carbocycles. The molecule has 0 saturated heterocycles. The fourth-order valence-electron chi connectivity index (χ4n) is 3.31. The molecular formula is C20H29NO5. The van der Waals surface area contributed by atoms with E-state index in [4.69, 9.17) is 14.2 Å². The fourth-order valence-corrected chi connectivity index (χ4v) is 3.31. The molecule has 2 rings (SSSR count). The zero-order valence-corrected chi connectivity index (χ0v) is 15.7. The van der Waals surface area contributed by atoms with Crippen LogP contribution in [0.4, 0.5) is 0 Å². The first-order chi connectivity index (χ1) is 12.6. The summed E-state index contributed by atoms with van der Waals surface area (Å²) in [4.78, 5) is 26.1. The van der Waals surface area contributed by atoms with E-state index in [1.54, 1.807) is 19.2 Å². The van der Waals surface area contributed by atoms with Gasteiger partial charge < -0.3 is 19.1 Å². The molecule has 26 heavy (non-hydrogen) atoms. The van der Waals surface area contributed by atoms with Crippen LogP contribution in [0.5, 0.6) is 11.5 Å². The molecule has 1 aliphatic rings. The van der Waals surface area contributed by atoms with Crippen LogP contribution in [0.15, 0.2) is 24.3 Å². The zero-order valence-electron chi connectivity index (χ0n) is 15.7. The molecule has 1 aromatic carbocycles. The van der Waals surface area contributed by atoms with Crippen LogP contribution < -0.4 is 9.47 Å². The normalized spacial score (nSPS) is 15.0. The summed E-state index contributed by atoms with van der Waals surface area (Å²) in [5.41, 5.74) is 0. The summed E-state index contributed by atoms with van der Waals surface area (Å²) in [6, 6.07) is 7.35. The highest BCUT2D eigenvalue weighted by Gasteiger charge is 2.25. The van der Waals surface area contributed by atoms with Crippen LogP contribution in [0.1, 0.15) is 44.9 Å². The van der Waals surface area contributed by atoms with Crippen LogP contribution in [0.3, 0.4) is 0 Å². The number of rotatable bonds is 8. The molecule has 0 aromatic heterocycles. The lowest BCUT2D eigenvalue weighted by atomic mass is 10.1. The first-order valence-corrected chi connectivity index (χ1v) is 9.27. The molecule has 0 atom stereocenters. The van der Waals surface area contributed by atoms with E-state index in [2.05, 4.69) is 0 Å². The van der Waals surface area contributed by atoms with Crippen molar-refractivity contribution in [1.82, 2.24) is 4.90 Å². The first-order valence-electron chi connectivity index (χ1n) is 9.27. The lowest BCUT2D eigenvalue weighted by molar-refractivity contribution is -0.143. The number of benzene rings is 1. The highest BCUT2D eigenvalue weighted by atomic mass is 16.5. The van der Waals surface area contributed by atoms with Gasteiger partial charge in [-0.2, -0.15) is 0 Å². The van der Waals surface area contributed by atoms with Gasteiger partial charge in [0.05, 0.1) is 20.6 Å². The van der Waals surface area contributed by atoms with Gasteiger partial charge in [0.1, 0.15) is 11.5 Å². The van der Waals surface area contributed by atoms with E-state index in [-0.39, 0.29) is 30.9 Å². The summed E-state index contributed by atoms with van der Waals surface area (Å²) in [5, 5.41) is 0. The summed E-state index contributed by atoms with van der Waals surface area (Å²) in [6.07, 6.45) is 6.80. The van der Waals surface area contributed by atoms with Gasteiger partial charge in [-0.25, -0.2) is 0 Å². The second-order valence-electron chi connectivity index (χ2n) is 6.53. The van der Waals surface area contributed by atoms with E-state index >= 15 is 0 Å². The number of ether oxygens (including phenoxy) is 3. The van der Waals surface area contributed by atoms with E-state index in [1.165, 1.54) is 20.0 Å². The van der Waals surface area contributed by atoms with Gasteiger partial charge in [0.25, 0.3) is 5.91 Å². The molecule has 1 saturated carbocycles. The third-order valence-electron chi connectivity index (χ3n) is 4.77. The van der Waals surface area contributed by atoms with Crippen molar-refractivity contribution >= 4 is 11.9 Å². The molecule has 1 amide bonds. The van der Waals surface area contributed by atoms with Gasteiger partial charge in [-0.15, -0.1) is 0 Å². The Balaban J connectivity index is 1.99. The summed E-state index contributed by atoms with van der Waals surface area (Å²) >= 11 is 0. The molecule has 0 heterocycles. The summed E-state index contributed by atoms with van der Waals surface area (Å²) in [5.74, 6) is 0.876. The highest BCUT2D eigenvalue weighted by Crippen LogP contribution is 2.23. The molecule has 1 aromatic rings. The Kier molecular flexibility index (Phi) is 8.25. The van der Waals surface area contributed by atoms with Crippen molar-refractivity contribution in [3.8, 4) is 11.5 Å². The minimum atomic E-state index is -0.301. The molecule has 0 radical (unpaired) electrons. The van der Waals surface area contributed by atoms with Gasteiger partial charge >= 0.3 is 5.97 Å². The highest BCUT2D eigenvalue weighted by molar-refractivity contribution is 5.79. The van der Waals surface area contributed by atoms with Gasteiger partial charge in [0, 0.05) is 18.7 Å². The second-order valence-corrected chi connectivity index (χ2v) is 6.53.